The molecule has 4 rings (SSSR count). The van der Waals surface area contributed by atoms with E-state index in [0.717, 1.165) is 5.56 Å². The van der Waals surface area contributed by atoms with Crippen molar-refractivity contribution in [1.82, 2.24) is 9.55 Å². The van der Waals surface area contributed by atoms with Gasteiger partial charge in [0.05, 0.1) is 11.2 Å². The first kappa shape index (κ1) is 16.2. The maximum atomic E-state index is 13.0. The Morgan fingerprint density at radius 2 is 1.96 bits per heavy atom. The van der Waals surface area contributed by atoms with Crippen LogP contribution in [0.3, 0.4) is 0 Å². The Labute approximate surface area is 150 Å². The van der Waals surface area contributed by atoms with E-state index in [9.17, 15) is 14.0 Å². The molecule has 1 N–H and O–H groups in total. The molecule has 0 aliphatic heterocycles. The number of hydrogen-bond acceptors (Lipinski definition) is 5. The fourth-order valence-corrected chi connectivity index (χ4v) is 3.29. The average molecular weight is 369 g/mol. The Morgan fingerprint density at radius 3 is 2.77 bits per heavy atom. The third-order valence-corrected chi connectivity index (χ3v) is 4.52. The van der Waals surface area contributed by atoms with Crippen LogP contribution in [0.4, 0.5) is 9.52 Å². The van der Waals surface area contributed by atoms with Gasteiger partial charge in [-0.15, -0.1) is 11.3 Å². The summed E-state index contributed by atoms with van der Waals surface area (Å²) in [6.07, 6.45) is 0. The highest BCUT2D eigenvalue weighted by Gasteiger charge is 2.14. The van der Waals surface area contributed by atoms with Gasteiger partial charge in [0.15, 0.2) is 10.7 Å². The summed E-state index contributed by atoms with van der Waals surface area (Å²) in [5.74, 6) is -1.30. The first-order valence-electron chi connectivity index (χ1n) is 7.70. The quantitative estimate of drug-likeness (QED) is 0.597. The number of aromatic nitrogens is 2. The molecule has 8 heteroatoms. The monoisotopic (exact) mass is 369 g/mol. The van der Waals surface area contributed by atoms with Crippen LogP contribution in [0, 0.1) is 5.82 Å². The molecule has 4 aromatic rings. The van der Waals surface area contributed by atoms with Crippen LogP contribution < -0.4 is 11.1 Å². The van der Waals surface area contributed by atoms with Gasteiger partial charge in [-0.2, -0.15) is 0 Å². The molecule has 2 aromatic carbocycles. The largest absolute Gasteiger partial charge is 0.420 e. The number of nitrogens with one attached hydrogen (secondary N) is 1. The summed E-state index contributed by atoms with van der Waals surface area (Å²) in [4.78, 5) is 28.5. The van der Waals surface area contributed by atoms with E-state index in [0.29, 0.717) is 21.9 Å². The van der Waals surface area contributed by atoms with Crippen molar-refractivity contribution >= 4 is 33.5 Å². The van der Waals surface area contributed by atoms with E-state index in [2.05, 4.69) is 10.3 Å². The summed E-state index contributed by atoms with van der Waals surface area (Å²) in [6.45, 7) is -0.179. The van der Waals surface area contributed by atoms with Crippen molar-refractivity contribution in [3.63, 3.8) is 0 Å². The molecular weight excluding hydrogens is 357 g/mol. The summed E-state index contributed by atoms with van der Waals surface area (Å²) >= 11 is 1.25. The fraction of sp³-hybridized carbons (Fsp3) is 0.0556. The molecule has 2 aromatic heterocycles. The van der Waals surface area contributed by atoms with Gasteiger partial charge in [0.25, 0.3) is 0 Å². The first-order valence-corrected chi connectivity index (χ1v) is 8.58. The molecule has 26 heavy (non-hydrogen) atoms. The molecule has 0 atom stereocenters. The van der Waals surface area contributed by atoms with Crippen LogP contribution in [-0.4, -0.2) is 15.5 Å². The summed E-state index contributed by atoms with van der Waals surface area (Å²) in [6, 6.07) is 12.8. The zero-order valence-electron chi connectivity index (χ0n) is 13.3. The Bertz CT molecular complexity index is 1140. The average Bonchev–Trinajstić information content (AvgIpc) is 3.21. The van der Waals surface area contributed by atoms with Gasteiger partial charge in [-0.05, 0) is 36.4 Å². The number of halogens is 1. The normalized spacial score (nSPS) is 11.0. The molecule has 6 nitrogen and oxygen atoms in total. The van der Waals surface area contributed by atoms with E-state index in [-0.39, 0.29) is 12.4 Å². The van der Waals surface area contributed by atoms with E-state index in [1.807, 2.05) is 0 Å². The van der Waals surface area contributed by atoms with Crippen molar-refractivity contribution in [3.8, 4) is 11.3 Å². The highest BCUT2D eigenvalue weighted by molar-refractivity contribution is 7.14. The summed E-state index contributed by atoms with van der Waals surface area (Å²) in [5, 5.41) is 4.83. The van der Waals surface area contributed by atoms with Crippen LogP contribution in [0.1, 0.15) is 0 Å². The van der Waals surface area contributed by atoms with Crippen LogP contribution >= 0.6 is 11.3 Å². The molecule has 0 bridgehead atoms. The predicted octanol–water partition coefficient (Wildman–Crippen LogP) is 3.50. The minimum Gasteiger partial charge on any atom is -0.408 e. The third kappa shape index (κ3) is 3.14. The van der Waals surface area contributed by atoms with Crippen molar-refractivity contribution in [2.45, 2.75) is 6.54 Å². The minimum absolute atomic E-state index is 0.179. The van der Waals surface area contributed by atoms with Crippen molar-refractivity contribution in [3.05, 3.63) is 70.3 Å². The maximum absolute atomic E-state index is 13.0. The van der Waals surface area contributed by atoms with E-state index in [1.165, 1.54) is 28.0 Å². The number of anilines is 1. The molecule has 0 saturated heterocycles. The molecule has 0 aliphatic rings. The summed E-state index contributed by atoms with van der Waals surface area (Å²) in [7, 11) is 0. The first-order chi connectivity index (χ1) is 12.6. The van der Waals surface area contributed by atoms with Crippen LogP contribution in [-0.2, 0) is 11.3 Å². The number of fused-ring (bicyclic) bond motifs is 1. The number of amides is 1. The van der Waals surface area contributed by atoms with Crippen molar-refractivity contribution < 1.29 is 13.6 Å². The Morgan fingerprint density at radius 1 is 1.19 bits per heavy atom. The van der Waals surface area contributed by atoms with Gasteiger partial charge in [-0.1, -0.05) is 12.1 Å². The molecule has 0 saturated carbocycles. The van der Waals surface area contributed by atoms with Crippen molar-refractivity contribution in [1.29, 1.82) is 0 Å². The van der Waals surface area contributed by atoms with E-state index >= 15 is 0 Å². The van der Waals surface area contributed by atoms with E-state index in [4.69, 9.17) is 4.42 Å². The third-order valence-electron chi connectivity index (χ3n) is 3.77. The second-order valence-electron chi connectivity index (χ2n) is 5.51. The summed E-state index contributed by atoms with van der Waals surface area (Å²) < 4.78 is 19.4. The summed E-state index contributed by atoms with van der Waals surface area (Å²) in [5.41, 5.74) is 2.37. The Hall–Kier alpha value is -3.26. The maximum Gasteiger partial charge on any atom is 0.420 e. The standard InChI is InChI=1S/C18H12FN3O3S/c19-12-7-5-11(6-8-12)13-10-26-17(20-13)21-16(23)9-22-14-3-1-2-4-15(14)25-18(22)24/h1-8,10H,9H2,(H,20,21,23). The number of carbonyl (C=O) groups excluding carboxylic acids is 1. The van der Waals surface area contributed by atoms with Gasteiger partial charge in [0.2, 0.25) is 5.91 Å². The lowest BCUT2D eigenvalue weighted by Gasteiger charge is -2.02. The van der Waals surface area contributed by atoms with Crippen molar-refractivity contribution in [2.24, 2.45) is 0 Å². The predicted molar refractivity (Wildman–Crippen MR) is 96.6 cm³/mol. The molecule has 0 aliphatic carbocycles. The molecule has 0 fully saturated rings. The van der Waals surface area contributed by atoms with Crippen LogP contribution in [0.5, 0.6) is 0 Å². The van der Waals surface area contributed by atoms with Gasteiger partial charge in [-0.3, -0.25) is 9.36 Å². The lowest BCUT2D eigenvalue weighted by Crippen LogP contribution is -2.24. The zero-order chi connectivity index (χ0) is 18.1. The molecule has 130 valence electrons. The number of rotatable bonds is 4. The number of hydrogen-bond donors (Lipinski definition) is 1. The van der Waals surface area contributed by atoms with Crippen LogP contribution in [0.15, 0.2) is 63.1 Å². The highest BCUT2D eigenvalue weighted by Crippen LogP contribution is 2.25. The molecule has 1 amide bonds. The smallest absolute Gasteiger partial charge is 0.408 e. The lowest BCUT2D eigenvalue weighted by molar-refractivity contribution is -0.116. The topological polar surface area (TPSA) is 77.1 Å². The zero-order valence-corrected chi connectivity index (χ0v) is 14.1. The molecule has 2 heterocycles. The Balaban J connectivity index is 1.51. The molecule has 0 unspecified atom stereocenters. The molecular formula is C18H12FN3O3S. The second-order valence-corrected chi connectivity index (χ2v) is 6.37. The van der Waals surface area contributed by atoms with Gasteiger partial charge in [0, 0.05) is 10.9 Å². The van der Waals surface area contributed by atoms with Gasteiger partial charge >= 0.3 is 5.76 Å². The fourth-order valence-electron chi connectivity index (χ4n) is 2.55. The number of thiazole rings is 1. The number of carbonyl (C=O) groups is 1. The van der Waals surface area contributed by atoms with Gasteiger partial charge in [-0.25, -0.2) is 14.2 Å². The van der Waals surface area contributed by atoms with E-state index in [1.54, 1.807) is 41.8 Å². The number of nitrogens with zero attached hydrogens (tertiary/aromatic N) is 2. The number of para-hydroxylation sites is 2. The lowest BCUT2D eigenvalue weighted by atomic mass is 10.2. The molecule has 0 spiro atoms. The SMILES string of the molecule is O=C(Cn1c(=O)oc2ccccc21)Nc1nc(-c2ccc(F)cc2)cs1. The van der Waals surface area contributed by atoms with Gasteiger partial charge in [0.1, 0.15) is 12.4 Å². The van der Waals surface area contributed by atoms with Crippen LogP contribution in [0.25, 0.3) is 22.4 Å². The second kappa shape index (κ2) is 6.57. The van der Waals surface area contributed by atoms with Crippen molar-refractivity contribution in [2.75, 3.05) is 5.32 Å². The van der Waals surface area contributed by atoms with Crippen LogP contribution in [0.2, 0.25) is 0 Å². The number of oxazole rings is 1. The molecule has 0 radical (unpaired) electrons. The number of benzene rings is 2. The minimum atomic E-state index is -0.590. The van der Waals surface area contributed by atoms with E-state index < -0.39 is 11.7 Å². The Kier molecular flexibility index (Phi) is 4.10. The highest BCUT2D eigenvalue weighted by atomic mass is 32.1. The van der Waals surface area contributed by atoms with Gasteiger partial charge < -0.3 is 9.73 Å².